The van der Waals surface area contributed by atoms with E-state index >= 15 is 0 Å². The molecule has 4 heteroatoms. The van der Waals surface area contributed by atoms with Crippen LogP contribution in [0.25, 0.3) is 0 Å². The minimum Gasteiger partial charge on any atom is -0.375 e. The van der Waals surface area contributed by atoms with Crippen molar-refractivity contribution in [3.8, 4) is 0 Å². The molecule has 1 heterocycles. The molecular weight excluding hydrogens is 204 g/mol. The number of carbonyl (C=O) groups excluding carboxylic acids is 1. The van der Waals surface area contributed by atoms with Crippen LogP contribution in [0, 0.1) is 5.92 Å². The van der Waals surface area contributed by atoms with Crippen molar-refractivity contribution in [2.45, 2.75) is 45.8 Å². The van der Waals surface area contributed by atoms with E-state index in [0.717, 1.165) is 19.5 Å². The number of nitrogens with one attached hydrogen (secondary N) is 2. The zero-order valence-corrected chi connectivity index (χ0v) is 10.6. The zero-order valence-electron chi connectivity index (χ0n) is 10.6. The van der Waals surface area contributed by atoms with Crippen LogP contribution in [-0.2, 0) is 9.53 Å². The van der Waals surface area contributed by atoms with Gasteiger partial charge in [-0.2, -0.15) is 0 Å². The summed E-state index contributed by atoms with van der Waals surface area (Å²) in [4.78, 5) is 11.8. The summed E-state index contributed by atoms with van der Waals surface area (Å²) in [6.07, 6.45) is 1.49. The van der Waals surface area contributed by atoms with Crippen LogP contribution in [0.2, 0.25) is 0 Å². The first-order chi connectivity index (χ1) is 7.63. The van der Waals surface area contributed by atoms with Gasteiger partial charge in [-0.15, -0.1) is 0 Å². The number of amides is 1. The second kappa shape index (κ2) is 6.86. The molecular formula is C12H24N2O2. The highest BCUT2D eigenvalue weighted by atomic mass is 16.5. The Kier molecular flexibility index (Phi) is 5.77. The van der Waals surface area contributed by atoms with Crippen LogP contribution in [0.3, 0.4) is 0 Å². The number of ether oxygens (including phenoxy) is 1. The molecule has 1 saturated heterocycles. The standard InChI is InChI=1S/C12H24N2O2/c1-4-11(9(2)3)14-12(15)7-10-8-13-5-6-16-10/h9-11,13H,4-8H2,1-3H3,(H,14,15). The fourth-order valence-electron chi connectivity index (χ4n) is 1.96. The first-order valence-electron chi connectivity index (χ1n) is 6.25. The number of carbonyl (C=O) groups is 1. The molecule has 0 aromatic carbocycles. The monoisotopic (exact) mass is 228 g/mol. The molecule has 1 amide bonds. The van der Waals surface area contributed by atoms with Crippen molar-refractivity contribution in [1.29, 1.82) is 0 Å². The normalized spacial score (nSPS) is 23.1. The van der Waals surface area contributed by atoms with Gasteiger partial charge in [0.2, 0.25) is 5.91 Å². The van der Waals surface area contributed by atoms with Gasteiger partial charge in [0, 0.05) is 19.1 Å². The predicted molar refractivity (Wildman–Crippen MR) is 64.3 cm³/mol. The molecule has 2 atom stereocenters. The Bertz CT molecular complexity index is 213. The Morgan fingerprint density at radius 2 is 2.31 bits per heavy atom. The second-order valence-electron chi connectivity index (χ2n) is 4.73. The topological polar surface area (TPSA) is 50.4 Å². The minimum atomic E-state index is 0.0402. The van der Waals surface area contributed by atoms with Gasteiger partial charge in [-0.25, -0.2) is 0 Å². The number of rotatable bonds is 5. The Morgan fingerprint density at radius 3 is 2.81 bits per heavy atom. The van der Waals surface area contributed by atoms with Gasteiger partial charge in [-0.3, -0.25) is 4.79 Å². The summed E-state index contributed by atoms with van der Waals surface area (Å²) in [5.74, 6) is 0.591. The van der Waals surface area contributed by atoms with E-state index in [1.54, 1.807) is 0 Å². The van der Waals surface area contributed by atoms with Crippen molar-refractivity contribution in [2.75, 3.05) is 19.7 Å². The van der Waals surface area contributed by atoms with E-state index in [-0.39, 0.29) is 18.1 Å². The van der Waals surface area contributed by atoms with Crippen LogP contribution in [0.1, 0.15) is 33.6 Å². The lowest BCUT2D eigenvalue weighted by Crippen LogP contribution is -2.44. The summed E-state index contributed by atoms with van der Waals surface area (Å²) in [5, 5.41) is 6.29. The summed E-state index contributed by atoms with van der Waals surface area (Å²) >= 11 is 0. The van der Waals surface area contributed by atoms with Crippen molar-refractivity contribution in [3.05, 3.63) is 0 Å². The van der Waals surface area contributed by atoms with E-state index in [0.29, 0.717) is 18.9 Å². The number of hydrogen-bond donors (Lipinski definition) is 2. The predicted octanol–water partition coefficient (Wildman–Crippen LogP) is 0.916. The summed E-state index contributed by atoms with van der Waals surface area (Å²) in [6, 6.07) is 0.282. The smallest absolute Gasteiger partial charge is 0.222 e. The lowest BCUT2D eigenvalue weighted by atomic mass is 10.0. The molecule has 0 saturated carbocycles. The highest BCUT2D eigenvalue weighted by Crippen LogP contribution is 2.07. The van der Waals surface area contributed by atoms with Crippen LogP contribution >= 0.6 is 0 Å². The van der Waals surface area contributed by atoms with Crippen molar-refractivity contribution in [3.63, 3.8) is 0 Å². The van der Waals surface area contributed by atoms with E-state index in [9.17, 15) is 4.79 Å². The Hall–Kier alpha value is -0.610. The molecule has 4 nitrogen and oxygen atoms in total. The van der Waals surface area contributed by atoms with Crippen LogP contribution in [0.5, 0.6) is 0 Å². The van der Waals surface area contributed by atoms with Crippen LogP contribution in [-0.4, -0.2) is 37.7 Å². The molecule has 0 aliphatic carbocycles. The molecule has 1 rings (SSSR count). The minimum absolute atomic E-state index is 0.0402. The van der Waals surface area contributed by atoms with Crippen LogP contribution in [0.15, 0.2) is 0 Å². The van der Waals surface area contributed by atoms with Gasteiger partial charge >= 0.3 is 0 Å². The SMILES string of the molecule is CCC(NC(=O)CC1CNCCO1)C(C)C. The second-order valence-corrected chi connectivity index (χ2v) is 4.73. The average molecular weight is 228 g/mol. The lowest BCUT2D eigenvalue weighted by molar-refractivity contribution is -0.125. The molecule has 0 aromatic heterocycles. The number of hydrogen-bond acceptors (Lipinski definition) is 3. The van der Waals surface area contributed by atoms with Crippen molar-refractivity contribution in [2.24, 2.45) is 5.92 Å². The third-order valence-electron chi connectivity index (χ3n) is 3.01. The fourth-order valence-corrected chi connectivity index (χ4v) is 1.96. The molecule has 0 aromatic rings. The molecule has 1 aliphatic rings. The molecule has 0 bridgehead atoms. The van der Waals surface area contributed by atoms with E-state index in [1.165, 1.54) is 0 Å². The van der Waals surface area contributed by atoms with Gasteiger partial charge in [-0.05, 0) is 12.3 Å². The highest BCUT2D eigenvalue weighted by molar-refractivity contribution is 5.76. The first kappa shape index (κ1) is 13.5. The summed E-state index contributed by atoms with van der Waals surface area (Å²) in [7, 11) is 0. The highest BCUT2D eigenvalue weighted by Gasteiger charge is 2.20. The molecule has 1 aliphatic heterocycles. The Balaban J connectivity index is 2.28. The van der Waals surface area contributed by atoms with Crippen LogP contribution in [0.4, 0.5) is 0 Å². The van der Waals surface area contributed by atoms with Gasteiger partial charge in [0.1, 0.15) is 0 Å². The van der Waals surface area contributed by atoms with Crippen LogP contribution < -0.4 is 10.6 Å². The molecule has 94 valence electrons. The fraction of sp³-hybridized carbons (Fsp3) is 0.917. The van der Waals surface area contributed by atoms with E-state index in [2.05, 4.69) is 31.4 Å². The summed E-state index contributed by atoms with van der Waals surface area (Å²) < 4.78 is 5.50. The maximum Gasteiger partial charge on any atom is 0.222 e. The molecule has 0 radical (unpaired) electrons. The molecule has 0 spiro atoms. The molecule has 16 heavy (non-hydrogen) atoms. The van der Waals surface area contributed by atoms with E-state index in [4.69, 9.17) is 4.74 Å². The van der Waals surface area contributed by atoms with Gasteiger partial charge in [0.15, 0.2) is 0 Å². The van der Waals surface area contributed by atoms with E-state index < -0.39 is 0 Å². The average Bonchev–Trinajstić information content (AvgIpc) is 2.27. The van der Waals surface area contributed by atoms with Gasteiger partial charge in [-0.1, -0.05) is 20.8 Å². The molecule has 2 N–H and O–H groups in total. The van der Waals surface area contributed by atoms with Crippen molar-refractivity contribution < 1.29 is 9.53 Å². The maximum atomic E-state index is 11.8. The first-order valence-corrected chi connectivity index (χ1v) is 6.25. The Labute approximate surface area is 98.1 Å². The largest absolute Gasteiger partial charge is 0.375 e. The van der Waals surface area contributed by atoms with E-state index in [1.807, 2.05) is 0 Å². The molecule has 1 fully saturated rings. The third kappa shape index (κ3) is 4.49. The zero-order chi connectivity index (χ0) is 12.0. The van der Waals surface area contributed by atoms with Gasteiger partial charge in [0.25, 0.3) is 0 Å². The lowest BCUT2D eigenvalue weighted by Gasteiger charge is -2.25. The van der Waals surface area contributed by atoms with Gasteiger partial charge in [0.05, 0.1) is 19.1 Å². The van der Waals surface area contributed by atoms with Crippen molar-refractivity contribution in [1.82, 2.24) is 10.6 Å². The quantitative estimate of drug-likeness (QED) is 0.735. The maximum absolute atomic E-state index is 11.8. The number of morpholine rings is 1. The molecule has 2 unspecified atom stereocenters. The van der Waals surface area contributed by atoms with Crippen molar-refractivity contribution >= 4 is 5.91 Å². The van der Waals surface area contributed by atoms with Gasteiger partial charge < -0.3 is 15.4 Å². The Morgan fingerprint density at radius 1 is 1.56 bits per heavy atom. The summed E-state index contributed by atoms with van der Waals surface area (Å²) in [5.41, 5.74) is 0. The summed E-state index contributed by atoms with van der Waals surface area (Å²) in [6.45, 7) is 8.75. The third-order valence-corrected chi connectivity index (χ3v) is 3.01.